The number of hydrogen-bond donors (Lipinski definition) is 1. The fourth-order valence-electron chi connectivity index (χ4n) is 4.15. The van der Waals surface area contributed by atoms with Gasteiger partial charge in [0.05, 0.1) is 6.54 Å². The van der Waals surface area contributed by atoms with Crippen LogP contribution in [0, 0.1) is 0 Å². The predicted molar refractivity (Wildman–Crippen MR) is 101 cm³/mol. The van der Waals surface area contributed by atoms with Gasteiger partial charge in [-0.2, -0.15) is 0 Å². The first-order valence-corrected chi connectivity index (χ1v) is 9.32. The summed E-state index contributed by atoms with van der Waals surface area (Å²) in [6.45, 7) is 4.61. The molecule has 0 radical (unpaired) electrons. The fraction of sp³-hybridized carbons (Fsp3) is 0.364. The monoisotopic (exact) mass is 348 g/mol. The number of fused-ring (bicyclic) bond motifs is 2. The van der Waals surface area contributed by atoms with Gasteiger partial charge in [-0.25, -0.2) is 4.79 Å². The van der Waals surface area contributed by atoms with Crippen LogP contribution in [0.4, 0.5) is 4.79 Å². The Kier molecular flexibility index (Phi) is 4.06. The van der Waals surface area contributed by atoms with E-state index in [1.54, 1.807) is 0 Å². The molecule has 1 spiro atoms. The van der Waals surface area contributed by atoms with E-state index in [1.807, 2.05) is 30.3 Å². The van der Waals surface area contributed by atoms with E-state index in [0.717, 1.165) is 29.5 Å². The van der Waals surface area contributed by atoms with Gasteiger partial charge >= 0.3 is 6.03 Å². The van der Waals surface area contributed by atoms with Crippen molar-refractivity contribution in [2.75, 3.05) is 0 Å². The van der Waals surface area contributed by atoms with Gasteiger partial charge in [-0.1, -0.05) is 62.4 Å². The first-order chi connectivity index (χ1) is 12.5. The number of carbonyl (C=O) groups is 2. The normalized spacial score (nSPS) is 22.0. The van der Waals surface area contributed by atoms with Crippen molar-refractivity contribution in [1.29, 1.82) is 0 Å². The molecule has 0 unspecified atom stereocenters. The molecule has 1 atom stereocenters. The van der Waals surface area contributed by atoms with E-state index in [2.05, 4.69) is 37.4 Å². The van der Waals surface area contributed by atoms with Crippen molar-refractivity contribution >= 4 is 11.9 Å². The molecule has 134 valence electrons. The molecule has 2 aliphatic rings. The van der Waals surface area contributed by atoms with Gasteiger partial charge in [0.25, 0.3) is 5.91 Å². The Balaban J connectivity index is 1.62. The molecule has 1 fully saturated rings. The quantitative estimate of drug-likeness (QED) is 0.849. The highest BCUT2D eigenvalue weighted by atomic mass is 16.2. The third-order valence-corrected chi connectivity index (χ3v) is 5.64. The van der Waals surface area contributed by atoms with Gasteiger partial charge in [0.1, 0.15) is 5.54 Å². The largest absolute Gasteiger partial charge is 0.325 e. The van der Waals surface area contributed by atoms with Gasteiger partial charge in [0, 0.05) is 0 Å². The van der Waals surface area contributed by atoms with E-state index in [1.165, 1.54) is 10.5 Å². The molecule has 0 aromatic heterocycles. The van der Waals surface area contributed by atoms with Crippen LogP contribution in [0.25, 0.3) is 0 Å². The zero-order chi connectivity index (χ0) is 18.3. The van der Waals surface area contributed by atoms with Gasteiger partial charge in [0.2, 0.25) is 0 Å². The van der Waals surface area contributed by atoms with E-state index >= 15 is 0 Å². The second kappa shape index (κ2) is 6.27. The Bertz CT molecular complexity index is 857. The standard InChI is InChI=1S/C22H24N2O2/c1-15(2)17-11-9-16(10-12-17)14-24-20(25)22(23-21(24)26)13-5-7-18-6-3-4-8-19(18)22/h3-4,6,8-12,15H,5,7,13-14H2,1-2H3,(H,23,26)/t22-/m0/s1. The topological polar surface area (TPSA) is 49.4 Å². The smallest absolute Gasteiger partial charge is 0.319 e. The summed E-state index contributed by atoms with van der Waals surface area (Å²) in [5, 5.41) is 3.01. The minimum Gasteiger partial charge on any atom is -0.319 e. The molecule has 1 heterocycles. The maximum absolute atomic E-state index is 13.3. The average molecular weight is 348 g/mol. The highest BCUT2D eigenvalue weighted by Crippen LogP contribution is 2.40. The lowest BCUT2D eigenvalue weighted by atomic mass is 9.76. The molecule has 3 amide bonds. The van der Waals surface area contributed by atoms with E-state index in [4.69, 9.17) is 0 Å². The second-order valence-corrected chi connectivity index (χ2v) is 7.63. The summed E-state index contributed by atoms with van der Waals surface area (Å²) in [5.41, 5.74) is 3.46. The number of urea groups is 1. The Morgan fingerprint density at radius 3 is 2.54 bits per heavy atom. The number of rotatable bonds is 3. The molecule has 1 aliphatic carbocycles. The summed E-state index contributed by atoms with van der Waals surface area (Å²) >= 11 is 0. The summed E-state index contributed by atoms with van der Waals surface area (Å²) in [4.78, 5) is 27.3. The Labute approximate surface area is 154 Å². The minimum atomic E-state index is -0.885. The van der Waals surface area contributed by atoms with Crippen LogP contribution in [0.5, 0.6) is 0 Å². The van der Waals surface area contributed by atoms with Gasteiger partial charge < -0.3 is 5.32 Å². The molecule has 1 saturated heterocycles. The summed E-state index contributed by atoms with van der Waals surface area (Å²) in [6, 6.07) is 15.8. The molecule has 1 N–H and O–H groups in total. The SMILES string of the molecule is CC(C)c1ccc(CN2C(=O)N[C@]3(CCCc4ccccc43)C2=O)cc1. The van der Waals surface area contributed by atoms with E-state index in [9.17, 15) is 9.59 Å². The van der Waals surface area contributed by atoms with Gasteiger partial charge in [0.15, 0.2) is 0 Å². The Morgan fingerprint density at radius 2 is 1.81 bits per heavy atom. The van der Waals surface area contributed by atoms with Crippen LogP contribution in [0.15, 0.2) is 48.5 Å². The first-order valence-electron chi connectivity index (χ1n) is 9.32. The number of hydrogen-bond acceptors (Lipinski definition) is 2. The lowest BCUT2D eigenvalue weighted by molar-refractivity contribution is -0.132. The van der Waals surface area contributed by atoms with Gasteiger partial charge in [-0.3, -0.25) is 9.69 Å². The highest BCUT2D eigenvalue weighted by Gasteiger charge is 2.53. The van der Waals surface area contributed by atoms with Crippen molar-refractivity contribution in [2.45, 2.75) is 51.1 Å². The molecule has 4 nitrogen and oxygen atoms in total. The Hall–Kier alpha value is -2.62. The summed E-state index contributed by atoms with van der Waals surface area (Å²) < 4.78 is 0. The van der Waals surface area contributed by atoms with Crippen LogP contribution < -0.4 is 5.32 Å². The van der Waals surface area contributed by atoms with Crippen molar-refractivity contribution in [3.63, 3.8) is 0 Å². The summed E-state index contributed by atoms with van der Waals surface area (Å²) in [5.74, 6) is 0.338. The molecule has 4 rings (SSSR count). The third-order valence-electron chi connectivity index (χ3n) is 5.64. The van der Waals surface area contributed by atoms with E-state index in [0.29, 0.717) is 18.9 Å². The molecular formula is C22H24N2O2. The van der Waals surface area contributed by atoms with Crippen molar-refractivity contribution in [3.05, 3.63) is 70.8 Å². The van der Waals surface area contributed by atoms with E-state index in [-0.39, 0.29) is 11.9 Å². The highest BCUT2D eigenvalue weighted by molar-refractivity contribution is 6.07. The molecule has 2 aromatic rings. The third kappa shape index (κ3) is 2.61. The molecule has 1 aliphatic heterocycles. The number of imide groups is 1. The van der Waals surface area contributed by atoms with Crippen LogP contribution in [-0.2, 0) is 23.3 Å². The van der Waals surface area contributed by atoms with Crippen LogP contribution in [-0.4, -0.2) is 16.8 Å². The molecule has 2 aromatic carbocycles. The van der Waals surface area contributed by atoms with Crippen molar-refractivity contribution in [1.82, 2.24) is 10.2 Å². The number of nitrogens with zero attached hydrogens (tertiary/aromatic N) is 1. The first kappa shape index (κ1) is 16.8. The number of aryl methyl sites for hydroxylation is 1. The number of carbonyl (C=O) groups excluding carboxylic acids is 2. The lowest BCUT2D eigenvalue weighted by Crippen LogP contribution is -2.46. The van der Waals surface area contributed by atoms with Crippen molar-refractivity contribution in [2.24, 2.45) is 0 Å². The average Bonchev–Trinajstić information content (AvgIpc) is 2.87. The van der Waals surface area contributed by atoms with Gasteiger partial charge in [-0.15, -0.1) is 0 Å². The zero-order valence-electron chi connectivity index (χ0n) is 15.3. The fourth-order valence-corrected chi connectivity index (χ4v) is 4.15. The maximum Gasteiger partial charge on any atom is 0.325 e. The van der Waals surface area contributed by atoms with Crippen molar-refractivity contribution < 1.29 is 9.59 Å². The molecular weight excluding hydrogens is 324 g/mol. The van der Waals surface area contributed by atoms with E-state index < -0.39 is 5.54 Å². The van der Waals surface area contributed by atoms with Gasteiger partial charge in [-0.05, 0) is 47.4 Å². The molecule has 0 bridgehead atoms. The van der Waals surface area contributed by atoms with Crippen LogP contribution in [0.1, 0.15) is 54.9 Å². The molecule has 26 heavy (non-hydrogen) atoms. The maximum atomic E-state index is 13.3. The number of nitrogens with one attached hydrogen (secondary N) is 1. The lowest BCUT2D eigenvalue weighted by Gasteiger charge is -2.33. The summed E-state index contributed by atoms with van der Waals surface area (Å²) in [6.07, 6.45) is 2.52. The molecule has 4 heteroatoms. The van der Waals surface area contributed by atoms with Crippen LogP contribution in [0.2, 0.25) is 0 Å². The molecule has 0 saturated carbocycles. The number of benzene rings is 2. The number of amides is 3. The zero-order valence-corrected chi connectivity index (χ0v) is 15.3. The second-order valence-electron chi connectivity index (χ2n) is 7.63. The van der Waals surface area contributed by atoms with Crippen LogP contribution >= 0.6 is 0 Å². The Morgan fingerprint density at radius 1 is 1.08 bits per heavy atom. The summed E-state index contributed by atoms with van der Waals surface area (Å²) in [7, 11) is 0. The van der Waals surface area contributed by atoms with Crippen molar-refractivity contribution in [3.8, 4) is 0 Å². The minimum absolute atomic E-state index is 0.123. The van der Waals surface area contributed by atoms with Crippen LogP contribution in [0.3, 0.4) is 0 Å². The predicted octanol–water partition coefficient (Wildman–Crippen LogP) is 4.09.